The summed E-state index contributed by atoms with van der Waals surface area (Å²) >= 11 is 5.93. The van der Waals surface area contributed by atoms with Gasteiger partial charge in [0.25, 0.3) is 5.69 Å². The summed E-state index contributed by atoms with van der Waals surface area (Å²) in [6.07, 6.45) is 0. The van der Waals surface area contributed by atoms with Crippen LogP contribution in [0.3, 0.4) is 0 Å². The Morgan fingerprint density at radius 2 is 1.97 bits per heavy atom. The third kappa shape index (κ3) is 4.58. The van der Waals surface area contributed by atoms with Gasteiger partial charge in [-0.25, -0.2) is 9.59 Å². The first-order chi connectivity index (χ1) is 13.7. The van der Waals surface area contributed by atoms with Crippen molar-refractivity contribution in [1.82, 2.24) is 0 Å². The first-order valence-electron chi connectivity index (χ1n) is 8.20. The molecule has 0 saturated heterocycles. The van der Waals surface area contributed by atoms with E-state index >= 15 is 0 Å². The zero-order chi connectivity index (χ0) is 21.1. The van der Waals surface area contributed by atoms with Gasteiger partial charge in [0.15, 0.2) is 0 Å². The van der Waals surface area contributed by atoms with Crippen LogP contribution < -0.4 is 10.9 Å². The zero-order valence-corrected chi connectivity index (χ0v) is 15.7. The van der Waals surface area contributed by atoms with Crippen LogP contribution in [0.25, 0.3) is 11.0 Å². The van der Waals surface area contributed by atoms with E-state index in [-0.39, 0.29) is 34.4 Å². The number of nitrogens with one attached hydrogen (secondary N) is 1. The number of rotatable bonds is 5. The van der Waals surface area contributed by atoms with Gasteiger partial charge in [0, 0.05) is 47.8 Å². The summed E-state index contributed by atoms with van der Waals surface area (Å²) in [4.78, 5) is 45.6. The second-order valence-electron chi connectivity index (χ2n) is 5.98. The van der Waals surface area contributed by atoms with E-state index in [9.17, 15) is 24.5 Å². The fourth-order valence-electron chi connectivity index (χ4n) is 2.63. The van der Waals surface area contributed by atoms with E-state index in [1.54, 1.807) is 12.1 Å². The van der Waals surface area contributed by atoms with E-state index in [1.807, 2.05) is 0 Å². The molecule has 29 heavy (non-hydrogen) atoms. The Hall–Kier alpha value is -3.72. The number of nitrogens with zero attached hydrogens (tertiary/aromatic N) is 1. The summed E-state index contributed by atoms with van der Waals surface area (Å²) in [6.45, 7) is 1.05. The number of nitro benzene ring substituents is 1. The molecule has 0 saturated carbocycles. The molecule has 0 aliphatic heterocycles. The number of benzene rings is 2. The molecule has 148 valence electrons. The molecule has 1 amide bonds. The topological polar surface area (TPSA) is 129 Å². The average Bonchev–Trinajstić information content (AvgIpc) is 2.65. The molecule has 1 heterocycles. The van der Waals surface area contributed by atoms with Gasteiger partial charge < -0.3 is 14.5 Å². The second-order valence-corrected chi connectivity index (χ2v) is 6.39. The summed E-state index contributed by atoms with van der Waals surface area (Å²) in [7, 11) is 0. The van der Waals surface area contributed by atoms with Gasteiger partial charge >= 0.3 is 11.6 Å². The molecule has 3 aromatic rings. The summed E-state index contributed by atoms with van der Waals surface area (Å²) in [6, 6.07) is 9.26. The molecule has 0 spiro atoms. The number of non-ortho nitro benzene ring substituents is 1. The van der Waals surface area contributed by atoms with Crippen LogP contribution in [0.15, 0.2) is 51.7 Å². The lowest BCUT2D eigenvalue weighted by molar-refractivity contribution is -0.384. The summed E-state index contributed by atoms with van der Waals surface area (Å²) in [5.41, 5.74) is -0.148. The van der Waals surface area contributed by atoms with Crippen molar-refractivity contribution in [2.45, 2.75) is 13.5 Å². The van der Waals surface area contributed by atoms with Crippen LogP contribution in [0.2, 0.25) is 5.02 Å². The van der Waals surface area contributed by atoms with E-state index in [1.165, 1.54) is 31.2 Å². The maximum atomic E-state index is 12.3. The number of nitro groups is 1. The van der Waals surface area contributed by atoms with Gasteiger partial charge in [-0.1, -0.05) is 11.6 Å². The highest BCUT2D eigenvalue weighted by molar-refractivity contribution is 6.33. The molecule has 0 aliphatic carbocycles. The molecule has 0 bridgehead atoms. The number of anilines is 1. The van der Waals surface area contributed by atoms with Crippen LogP contribution >= 0.6 is 11.6 Å². The maximum Gasteiger partial charge on any atom is 0.340 e. The smallest absolute Gasteiger partial charge is 0.340 e. The van der Waals surface area contributed by atoms with Crippen molar-refractivity contribution in [2.24, 2.45) is 0 Å². The first-order valence-corrected chi connectivity index (χ1v) is 8.58. The SMILES string of the molecule is CC(=O)Nc1ccc2c(COC(=O)c3cc([N+](=O)[O-])ccc3Cl)cc(=O)oc2c1. The van der Waals surface area contributed by atoms with Crippen LogP contribution in [-0.4, -0.2) is 16.8 Å². The van der Waals surface area contributed by atoms with Crippen molar-refractivity contribution in [3.05, 3.63) is 79.1 Å². The Morgan fingerprint density at radius 1 is 1.21 bits per heavy atom. The Morgan fingerprint density at radius 3 is 2.66 bits per heavy atom. The van der Waals surface area contributed by atoms with E-state index in [4.69, 9.17) is 20.8 Å². The monoisotopic (exact) mass is 416 g/mol. The van der Waals surface area contributed by atoms with Crippen molar-refractivity contribution in [1.29, 1.82) is 0 Å². The Kier molecular flexibility index (Phi) is 5.60. The number of hydrogen-bond donors (Lipinski definition) is 1. The number of carbonyl (C=O) groups excluding carboxylic acids is 2. The Balaban J connectivity index is 1.88. The van der Waals surface area contributed by atoms with E-state index < -0.39 is 16.5 Å². The second kappa shape index (κ2) is 8.11. The number of amides is 1. The Labute approximate surface area is 168 Å². The summed E-state index contributed by atoms with van der Waals surface area (Å²) < 4.78 is 10.3. The number of fused-ring (bicyclic) bond motifs is 1. The predicted molar refractivity (Wildman–Crippen MR) is 104 cm³/mol. The lowest BCUT2D eigenvalue weighted by Crippen LogP contribution is -2.09. The minimum absolute atomic E-state index is 0.00187. The van der Waals surface area contributed by atoms with Crippen LogP contribution in [0.4, 0.5) is 11.4 Å². The van der Waals surface area contributed by atoms with Crippen LogP contribution in [0.5, 0.6) is 0 Å². The molecule has 9 nitrogen and oxygen atoms in total. The molecule has 3 rings (SSSR count). The number of carbonyl (C=O) groups is 2. The van der Waals surface area contributed by atoms with Gasteiger partial charge in [0.1, 0.15) is 12.2 Å². The maximum absolute atomic E-state index is 12.3. The normalized spacial score (nSPS) is 10.6. The van der Waals surface area contributed by atoms with Crippen molar-refractivity contribution in [3.8, 4) is 0 Å². The molecule has 10 heteroatoms. The van der Waals surface area contributed by atoms with Crippen LogP contribution in [-0.2, 0) is 16.1 Å². The molecule has 0 atom stereocenters. The molecule has 2 aromatic carbocycles. The van der Waals surface area contributed by atoms with Crippen molar-refractivity contribution in [2.75, 3.05) is 5.32 Å². The minimum atomic E-state index is -0.880. The van der Waals surface area contributed by atoms with Gasteiger partial charge in [-0.05, 0) is 18.2 Å². The third-order valence-corrected chi connectivity index (χ3v) is 4.22. The van der Waals surface area contributed by atoms with Crippen molar-refractivity contribution < 1.29 is 23.7 Å². The number of halogens is 1. The predicted octanol–water partition coefficient (Wildman–Crippen LogP) is 3.67. The molecule has 0 radical (unpaired) electrons. The van der Waals surface area contributed by atoms with Gasteiger partial charge in [-0.15, -0.1) is 0 Å². The largest absolute Gasteiger partial charge is 0.457 e. The summed E-state index contributed by atoms with van der Waals surface area (Å²) in [5, 5.41) is 14.0. The minimum Gasteiger partial charge on any atom is -0.457 e. The molecule has 0 aliphatic rings. The van der Waals surface area contributed by atoms with Gasteiger partial charge in [0.2, 0.25) is 5.91 Å². The van der Waals surface area contributed by atoms with Crippen molar-refractivity contribution >= 4 is 45.8 Å². The van der Waals surface area contributed by atoms with Crippen LogP contribution in [0.1, 0.15) is 22.8 Å². The fraction of sp³-hybridized carbons (Fsp3) is 0.105. The molecule has 1 aromatic heterocycles. The first kappa shape index (κ1) is 20.0. The van der Waals surface area contributed by atoms with Gasteiger partial charge in [0.05, 0.1) is 15.5 Å². The van der Waals surface area contributed by atoms with Crippen LogP contribution in [0, 0.1) is 10.1 Å². The summed E-state index contributed by atoms with van der Waals surface area (Å²) in [5.74, 6) is -1.17. The van der Waals surface area contributed by atoms with Gasteiger partial charge in [-0.2, -0.15) is 0 Å². The fourth-order valence-corrected chi connectivity index (χ4v) is 2.83. The highest BCUT2D eigenvalue weighted by Gasteiger charge is 2.18. The highest BCUT2D eigenvalue weighted by Crippen LogP contribution is 2.25. The Bertz CT molecular complexity index is 1200. The standard InChI is InChI=1S/C19H13ClN2O7/c1-10(23)21-12-2-4-14-11(6-18(24)29-17(14)7-12)9-28-19(25)15-8-13(22(26)27)3-5-16(15)20/h2-8H,9H2,1H3,(H,21,23). The molecular formula is C19H13ClN2O7. The molecule has 0 unspecified atom stereocenters. The lowest BCUT2D eigenvalue weighted by atomic mass is 10.1. The quantitative estimate of drug-likeness (QED) is 0.290. The highest BCUT2D eigenvalue weighted by atomic mass is 35.5. The number of ether oxygens (including phenoxy) is 1. The van der Waals surface area contributed by atoms with E-state index in [0.29, 0.717) is 16.6 Å². The lowest BCUT2D eigenvalue weighted by Gasteiger charge is -2.09. The van der Waals surface area contributed by atoms with E-state index in [0.717, 1.165) is 6.07 Å². The average molecular weight is 417 g/mol. The third-order valence-electron chi connectivity index (χ3n) is 3.89. The number of hydrogen-bond acceptors (Lipinski definition) is 7. The van der Waals surface area contributed by atoms with Crippen molar-refractivity contribution in [3.63, 3.8) is 0 Å². The van der Waals surface area contributed by atoms with E-state index in [2.05, 4.69) is 5.32 Å². The molecule has 1 N–H and O–H groups in total. The number of esters is 1. The molecular weight excluding hydrogens is 404 g/mol. The zero-order valence-electron chi connectivity index (χ0n) is 14.9. The van der Waals surface area contributed by atoms with Gasteiger partial charge in [-0.3, -0.25) is 14.9 Å². The molecule has 0 fully saturated rings.